The van der Waals surface area contributed by atoms with E-state index >= 15 is 0 Å². The fraction of sp³-hybridized carbons (Fsp3) is 0.412. The van der Waals surface area contributed by atoms with Crippen LogP contribution in [-0.4, -0.2) is 35.6 Å². The summed E-state index contributed by atoms with van der Waals surface area (Å²) < 4.78 is 10.3. The van der Waals surface area contributed by atoms with Crippen molar-refractivity contribution in [3.8, 4) is 5.75 Å². The first-order valence-corrected chi connectivity index (χ1v) is 8.15. The minimum Gasteiger partial charge on any atom is -0.444 e. The molecule has 0 bridgehead atoms. The molecule has 0 heterocycles. The summed E-state index contributed by atoms with van der Waals surface area (Å²) in [6.45, 7) is 5.05. The van der Waals surface area contributed by atoms with E-state index in [0.29, 0.717) is 5.69 Å². The van der Waals surface area contributed by atoms with Crippen molar-refractivity contribution in [3.05, 3.63) is 24.3 Å². The number of primary amides is 1. The third-order valence-electron chi connectivity index (χ3n) is 2.97. The Bertz CT molecular complexity index is 705. The van der Waals surface area contributed by atoms with Crippen LogP contribution in [0.25, 0.3) is 0 Å². The molecule has 1 rings (SSSR count). The number of hydrogen-bond donors (Lipinski definition) is 4. The van der Waals surface area contributed by atoms with E-state index in [-0.39, 0.29) is 24.6 Å². The second kappa shape index (κ2) is 9.41. The van der Waals surface area contributed by atoms with Gasteiger partial charge in [0.15, 0.2) is 5.96 Å². The standard InChI is InChI=1S/C17H25N5O5/c1-17(2,3)27-16(25)22-12(8-9-13(18)23)14(24)26-11-6-4-10(5-7-11)21-15(19)20/h4-7,12H,8-9H2,1-3H3,(H2,18,23)(H,22,25)(H4,19,20,21)/t12-/m0/s1. The van der Waals surface area contributed by atoms with E-state index in [1.165, 1.54) is 12.1 Å². The predicted octanol–water partition coefficient (Wildman–Crippen LogP) is 0.656. The highest BCUT2D eigenvalue weighted by Gasteiger charge is 2.26. The van der Waals surface area contributed by atoms with Gasteiger partial charge in [0.2, 0.25) is 5.91 Å². The average molecular weight is 379 g/mol. The zero-order chi connectivity index (χ0) is 20.6. The first kappa shape index (κ1) is 21.7. The van der Waals surface area contributed by atoms with E-state index in [0.717, 1.165) is 0 Å². The fourth-order valence-corrected chi connectivity index (χ4v) is 1.91. The molecule has 2 amide bonds. The Labute approximate surface area is 157 Å². The minimum absolute atomic E-state index is 0.0283. The fourth-order valence-electron chi connectivity index (χ4n) is 1.91. The number of nitrogens with one attached hydrogen (secondary N) is 1. The molecule has 0 radical (unpaired) electrons. The lowest BCUT2D eigenvalue weighted by molar-refractivity contribution is -0.137. The number of carbonyl (C=O) groups is 3. The predicted molar refractivity (Wildman–Crippen MR) is 99.1 cm³/mol. The van der Waals surface area contributed by atoms with Crippen molar-refractivity contribution in [2.45, 2.75) is 45.3 Å². The smallest absolute Gasteiger partial charge is 0.408 e. The van der Waals surface area contributed by atoms with E-state index in [2.05, 4.69) is 10.3 Å². The molecule has 1 atom stereocenters. The first-order valence-electron chi connectivity index (χ1n) is 8.15. The molecule has 0 fully saturated rings. The summed E-state index contributed by atoms with van der Waals surface area (Å²) >= 11 is 0. The van der Waals surface area contributed by atoms with E-state index in [4.69, 9.17) is 26.7 Å². The molecular formula is C17H25N5O5. The number of nitrogens with zero attached hydrogens (tertiary/aromatic N) is 1. The van der Waals surface area contributed by atoms with Crippen LogP contribution in [0.3, 0.4) is 0 Å². The summed E-state index contributed by atoms with van der Waals surface area (Å²) in [7, 11) is 0. The van der Waals surface area contributed by atoms with Crippen LogP contribution >= 0.6 is 0 Å². The number of benzene rings is 1. The molecule has 1 aromatic carbocycles. The molecule has 0 aliphatic carbocycles. The maximum atomic E-state index is 12.4. The number of aliphatic imine (C=N–C) groups is 1. The van der Waals surface area contributed by atoms with Gasteiger partial charge in [0, 0.05) is 6.42 Å². The van der Waals surface area contributed by atoms with Crippen molar-refractivity contribution in [3.63, 3.8) is 0 Å². The van der Waals surface area contributed by atoms with Gasteiger partial charge in [-0.1, -0.05) is 0 Å². The summed E-state index contributed by atoms with van der Waals surface area (Å²) in [5.41, 5.74) is 15.4. The monoisotopic (exact) mass is 379 g/mol. The molecule has 0 unspecified atom stereocenters. The number of ether oxygens (including phenoxy) is 2. The normalized spacial score (nSPS) is 11.8. The van der Waals surface area contributed by atoms with Gasteiger partial charge in [-0.3, -0.25) is 4.79 Å². The van der Waals surface area contributed by atoms with Crippen molar-refractivity contribution in [1.29, 1.82) is 0 Å². The second-order valence-corrected chi connectivity index (χ2v) is 6.66. The summed E-state index contributed by atoms with van der Waals surface area (Å²) in [5.74, 6) is -1.27. The third kappa shape index (κ3) is 9.10. The van der Waals surface area contributed by atoms with Crippen molar-refractivity contribution >= 4 is 29.6 Å². The van der Waals surface area contributed by atoms with Crippen LogP contribution in [0, 0.1) is 0 Å². The van der Waals surface area contributed by atoms with Crippen molar-refractivity contribution in [1.82, 2.24) is 5.32 Å². The lowest BCUT2D eigenvalue weighted by Gasteiger charge is -2.22. The van der Waals surface area contributed by atoms with Crippen LogP contribution in [-0.2, 0) is 14.3 Å². The molecule has 0 saturated carbocycles. The van der Waals surface area contributed by atoms with Crippen LogP contribution in [0.15, 0.2) is 29.3 Å². The third-order valence-corrected chi connectivity index (χ3v) is 2.97. The van der Waals surface area contributed by atoms with Crippen molar-refractivity contribution in [2.24, 2.45) is 22.2 Å². The summed E-state index contributed by atoms with van der Waals surface area (Å²) in [5, 5.41) is 2.39. The molecule has 148 valence electrons. The van der Waals surface area contributed by atoms with Crippen LogP contribution in [0.1, 0.15) is 33.6 Å². The Morgan fingerprint density at radius 1 is 1.11 bits per heavy atom. The maximum absolute atomic E-state index is 12.4. The molecule has 10 nitrogen and oxygen atoms in total. The Hall–Kier alpha value is -3.30. The molecule has 1 aromatic rings. The highest BCUT2D eigenvalue weighted by Crippen LogP contribution is 2.19. The van der Waals surface area contributed by atoms with Crippen molar-refractivity contribution in [2.75, 3.05) is 0 Å². The number of esters is 1. The molecule has 27 heavy (non-hydrogen) atoms. The Balaban J connectivity index is 2.81. The quantitative estimate of drug-likeness (QED) is 0.233. The van der Waals surface area contributed by atoms with Gasteiger partial charge in [-0.25, -0.2) is 14.6 Å². The van der Waals surface area contributed by atoms with Gasteiger partial charge in [-0.05, 0) is 51.5 Å². The van der Waals surface area contributed by atoms with Crippen LogP contribution in [0.5, 0.6) is 5.75 Å². The molecule has 0 spiro atoms. The summed E-state index contributed by atoms with van der Waals surface area (Å²) in [6, 6.07) is 4.95. The van der Waals surface area contributed by atoms with Gasteiger partial charge in [-0.2, -0.15) is 0 Å². The largest absolute Gasteiger partial charge is 0.444 e. The maximum Gasteiger partial charge on any atom is 0.408 e. The number of amides is 2. The van der Waals surface area contributed by atoms with Gasteiger partial charge in [-0.15, -0.1) is 0 Å². The Kier molecular flexibility index (Phi) is 7.58. The molecule has 0 saturated heterocycles. The summed E-state index contributed by atoms with van der Waals surface area (Å²) in [6.07, 6.45) is -0.949. The molecule has 0 aliphatic rings. The topological polar surface area (TPSA) is 172 Å². The lowest BCUT2D eigenvalue weighted by atomic mass is 10.1. The van der Waals surface area contributed by atoms with E-state index in [1.54, 1.807) is 32.9 Å². The van der Waals surface area contributed by atoms with Crippen LogP contribution in [0.4, 0.5) is 10.5 Å². The first-order chi connectivity index (χ1) is 12.5. The van der Waals surface area contributed by atoms with Crippen LogP contribution in [0.2, 0.25) is 0 Å². The number of guanidine groups is 1. The molecule has 10 heteroatoms. The van der Waals surface area contributed by atoms with E-state index in [9.17, 15) is 14.4 Å². The molecular weight excluding hydrogens is 354 g/mol. The Morgan fingerprint density at radius 2 is 1.70 bits per heavy atom. The van der Waals surface area contributed by atoms with Gasteiger partial charge in [0.25, 0.3) is 0 Å². The summed E-state index contributed by atoms with van der Waals surface area (Å²) in [4.78, 5) is 39.2. The van der Waals surface area contributed by atoms with Gasteiger partial charge in [0.05, 0.1) is 5.69 Å². The zero-order valence-electron chi connectivity index (χ0n) is 15.5. The molecule has 0 aromatic heterocycles. The van der Waals surface area contributed by atoms with Crippen LogP contribution < -0.4 is 27.3 Å². The molecule has 7 N–H and O–H groups in total. The number of carbonyl (C=O) groups excluding carboxylic acids is 3. The number of nitrogens with two attached hydrogens (primary N) is 3. The average Bonchev–Trinajstić information content (AvgIpc) is 2.50. The van der Waals surface area contributed by atoms with E-state index in [1.807, 2.05) is 0 Å². The Morgan fingerprint density at radius 3 is 2.19 bits per heavy atom. The van der Waals surface area contributed by atoms with Gasteiger partial charge in [0.1, 0.15) is 17.4 Å². The van der Waals surface area contributed by atoms with Crippen molar-refractivity contribution < 1.29 is 23.9 Å². The lowest BCUT2D eigenvalue weighted by Crippen LogP contribution is -2.45. The van der Waals surface area contributed by atoms with Gasteiger partial charge >= 0.3 is 12.1 Å². The SMILES string of the molecule is CC(C)(C)OC(=O)N[C@@H](CCC(N)=O)C(=O)Oc1ccc(N=C(N)N)cc1. The number of hydrogen-bond acceptors (Lipinski definition) is 6. The number of rotatable bonds is 7. The second-order valence-electron chi connectivity index (χ2n) is 6.66. The highest BCUT2D eigenvalue weighted by molar-refractivity contribution is 5.84. The van der Waals surface area contributed by atoms with E-state index < -0.39 is 29.6 Å². The zero-order valence-corrected chi connectivity index (χ0v) is 15.5. The van der Waals surface area contributed by atoms with Gasteiger partial charge < -0.3 is 32.0 Å². The number of alkyl carbamates (subject to hydrolysis) is 1. The molecule has 0 aliphatic heterocycles. The minimum atomic E-state index is -1.11. The highest BCUT2D eigenvalue weighted by atomic mass is 16.6.